The Bertz CT molecular complexity index is 550. The second kappa shape index (κ2) is 4.54. The molecule has 17 heavy (non-hydrogen) atoms. The zero-order chi connectivity index (χ0) is 12.4. The van der Waals surface area contributed by atoms with Crippen molar-refractivity contribution >= 4 is 17.4 Å². The van der Waals surface area contributed by atoms with Gasteiger partial charge in [0.1, 0.15) is 0 Å². The summed E-state index contributed by atoms with van der Waals surface area (Å²) in [6, 6.07) is 7.22. The fourth-order valence-corrected chi connectivity index (χ4v) is 1.88. The van der Waals surface area contributed by atoms with Crippen LogP contribution in [0.5, 0.6) is 0 Å². The number of hydrogen-bond acceptors (Lipinski definition) is 5. The van der Waals surface area contributed by atoms with E-state index in [9.17, 15) is 10.1 Å². The summed E-state index contributed by atoms with van der Waals surface area (Å²) < 4.78 is 1.82. The van der Waals surface area contributed by atoms with E-state index in [1.54, 1.807) is 6.07 Å². The van der Waals surface area contributed by atoms with Crippen molar-refractivity contribution in [1.82, 2.24) is 14.8 Å². The Morgan fingerprint density at radius 3 is 2.71 bits per heavy atom. The topological polar surface area (TPSA) is 73.8 Å². The van der Waals surface area contributed by atoms with Crippen LogP contribution >= 0.6 is 11.8 Å². The minimum atomic E-state index is -0.454. The van der Waals surface area contributed by atoms with E-state index in [2.05, 4.69) is 16.3 Å². The smallest absolute Gasteiger partial charge is 0.270 e. The second-order valence-corrected chi connectivity index (χ2v) is 4.06. The van der Waals surface area contributed by atoms with Crippen LogP contribution in [-0.4, -0.2) is 25.9 Å². The number of nitro benzene ring substituents is 1. The molecular weight excluding hydrogens is 240 g/mol. The van der Waals surface area contributed by atoms with Gasteiger partial charge in [-0.25, -0.2) is 0 Å². The van der Waals surface area contributed by atoms with Crippen LogP contribution in [-0.2, 0) is 7.05 Å². The Labute approximate surface area is 102 Å². The van der Waals surface area contributed by atoms with Crippen LogP contribution in [0.2, 0.25) is 0 Å². The van der Waals surface area contributed by atoms with E-state index in [1.807, 2.05) is 17.9 Å². The zero-order valence-electron chi connectivity index (χ0n) is 9.25. The molecule has 0 fully saturated rings. The van der Waals surface area contributed by atoms with E-state index in [0.717, 1.165) is 5.16 Å². The predicted octanol–water partition coefficient (Wildman–Crippen LogP) is 1.91. The Morgan fingerprint density at radius 2 is 2.24 bits per heavy atom. The molecule has 0 bridgehead atoms. The number of thioether (sulfide) groups is 1. The molecule has 0 aliphatic rings. The van der Waals surface area contributed by atoms with Crippen LogP contribution in [0.4, 0.5) is 5.69 Å². The van der Waals surface area contributed by atoms with Crippen molar-refractivity contribution in [1.29, 1.82) is 0 Å². The first-order valence-electron chi connectivity index (χ1n) is 4.73. The van der Waals surface area contributed by atoms with Gasteiger partial charge in [0, 0.05) is 30.8 Å². The highest BCUT2D eigenvalue weighted by atomic mass is 32.2. The summed E-state index contributed by atoms with van der Waals surface area (Å²) in [5.74, 6) is 0.643. The van der Waals surface area contributed by atoms with Crippen LogP contribution in [0.1, 0.15) is 0 Å². The normalized spacial score (nSPS) is 10.5. The molecule has 1 aromatic carbocycles. The number of nitrogens with zero attached hydrogens (tertiary/aromatic N) is 4. The average Bonchev–Trinajstić information content (AvgIpc) is 2.70. The third-order valence-electron chi connectivity index (χ3n) is 2.27. The molecule has 87 valence electrons. The molecule has 2 rings (SSSR count). The maximum Gasteiger partial charge on any atom is 0.270 e. The first-order valence-corrected chi connectivity index (χ1v) is 5.96. The van der Waals surface area contributed by atoms with Gasteiger partial charge in [-0.2, -0.15) is 0 Å². The minimum absolute atomic E-state index is 0.0148. The number of rotatable bonds is 3. The SMILES string of the molecule is CSc1nnc(-c2[c]cc([N+](=O)[O-])cc2)n1C. The molecule has 0 saturated carbocycles. The largest absolute Gasteiger partial charge is 0.305 e. The van der Waals surface area contributed by atoms with Gasteiger partial charge in [0.05, 0.1) is 4.92 Å². The van der Waals surface area contributed by atoms with Gasteiger partial charge in [-0.05, 0) is 12.3 Å². The quantitative estimate of drug-likeness (QED) is 0.472. The van der Waals surface area contributed by atoms with E-state index < -0.39 is 4.92 Å². The Hall–Kier alpha value is -1.89. The van der Waals surface area contributed by atoms with E-state index in [-0.39, 0.29) is 5.69 Å². The minimum Gasteiger partial charge on any atom is -0.305 e. The van der Waals surface area contributed by atoms with Crippen LogP contribution in [0.3, 0.4) is 0 Å². The van der Waals surface area contributed by atoms with Crippen molar-refractivity contribution in [2.45, 2.75) is 5.16 Å². The summed E-state index contributed by atoms with van der Waals surface area (Å²) in [6.07, 6.45) is 1.91. The monoisotopic (exact) mass is 249 g/mol. The molecule has 1 aromatic heterocycles. The summed E-state index contributed by atoms with van der Waals surface area (Å²) in [4.78, 5) is 10.1. The molecule has 1 radical (unpaired) electrons. The molecule has 0 spiro atoms. The highest BCUT2D eigenvalue weighted by Gasteiger charge is 2.11. The maximum absolute atomic E-state index is 10.5. The predicted molar refractivity (Wildman–Crippen MR) is 63.7 cm³/mol. The molecular formula is C10H9N4O2S. The van der Waals surface area contributed by atoms with Gasteiger partial charge in [-0.15, -0.1) is 10.2 Å². The summed E-state index contributed by atoms with van der Waals surface area (Å²) in [6.45, 7) is 0. The second-order valence-electron chi connectivity index (χ2n) is 3.29. The fourth-order valence-electron chi connectivity index (χ4n) is 1.40. The van der Waals surface area contributed by atoms with Gasteiger partial charge in [-0.1, -0.05) is 11.8 Å². The Morgan fingerprint density at radius 1 is 1.47 bits per heavy atom. The molecule has 6 nitrogen and oxygen atoms in total. The summed E-state index contributed by atoms with van der Waals surface area (Å²) in [5, 5.41) is 19.3. The van der Waals surface area contributed by atoms with Gasteiger partial charge < -0.3 is 4.57 Å². The summed E-state index contributed by atoms with van der Waals surface area (Å²) in [7, 11) is 1.84. The van der Waals surface area contributed by atoms with E-state index >= 15 is 0 Å². The van der Waals surface area contributed by atoms with Gasteiger partial charge in [-0.3, -0.25) is 10.1 Å². The van der Waals surface area contributed by atoms with Crippen molar-refractivity contribution < 1.29 is 4.92 Å². The molecule has 0 aliphatic heterocycles. The Balaban J connectivity index is 2.39. The first kappa shape index (κ1) is 11.6. The van der Waals surface area contributed by atoms with Crippen molar-refractivity contribution in [3.63, 3.8) is 0 Å². The lowest BCUT2D eigenvalue weighted by Gasteiger charge is -2.01. The third kappa shape index (κ3) is 2.14. The zero-order valence-corrected chi connectivity index (χ0v) is 10.1. The van der Waals surface area contributed by atoms with Gasteiger partial charge in [0.2, 0.25) is 0 Å². The molecule has 1 heterocycles. The van der Waals surface area contributed by atoms with Crippen molar-refractivity contribution in [2.75, 3.05) is 6.26 Å². The molecule has 0 aliphatic carbocycles. The summed E-state index contributed by atoms with van der Waals surface area (Å²) >= 11 is 1.49. The average molecular weight is 249 g/mol. The van der Waals surface area contributed by atoms with E-state index in [0.29, 0.717) is 11.4 Å². The summed E-state index contributed by atoms with van der Waals surface area (Å²) in [5.41, 5.74) is 0.701. The van der Waals surface area contributed by atoms with Crippen molar-refractivity contribution in [2.24, 2.45) is 7.05 Å². The molecule has 0 unspecified atom stereocenters. The number of hydrogen-bond donors (Lipinski definition) is 0. The van der Waals surface area contributed by atoms with E-state index in [1.165, 1.54) is 23.9 Å². The Kier molecular flexibility index (Phi) is 3.10. The molecule has 0 amide bonds. The van der Waals surface area contributed by atoms with Crippen LogP contribution < -0.4 is 0 Å². The van der Waals surface area contributed by atoms with Gasteiger partial charge in [0.15, 0.2) is 11.0 Å². The standard InChI is InChI=1S/C10H9N4O2S/c1-13-9(11-12-10(13)17-2)7-3-5-8(6-4-7)14(15)16/h3,5-6H,1-2H3. The number of non-ortho nitro benzene ring substituents is 1. The first-order chi connectivity index (χ1) is 8.13. The maximum atomic E-state index is 10.5. The molecule has 0 N–H and O–H groups in total. The number of benzene rings is 1. The number of nitro groups is 1. The highest BCUT2D eigenvalue weighted by molar-refractivity contribution is 7.98. The van der Waals surface area contributed by atoms with Crippen LogP contribution in [0, 0.1) is 16.2 Å². The lowest BCUT2D eigenvalue weighted by atomic mass is 10.2. The highest BCUT2D eigenvalue weighted by Crippen LogP contribution is 2.22. The molecule has 2 aromatic rings. The van der Waals surface area contributed by atoms with Crippen LogP contribution in [0.15, 0.2) is 23.4 Å². The molecule has 7 heteroatoms. The van der Waals surface area contributed by atoms with Gasteiger partial charge in [0.25, 0.3) is 5.69 Å². The lowest BCUT2D eigenvalue weighted by molar-refractivity contribution is -0.384. The van der Waals surface area contributed by atoms with Crippen LogP contribution in [0.25, 0.3) is 11.4 Å². The van der Waals surface area contributed by atoms with Gasteiger partial charge >= 0.3 is 0 Å². The van der Waals surface area contributed by atoms with Crippen molar-refractivity contribution in [3.05, 3.63) is 34.4 Å². The number of aromatic nitrogens is 3. The van der Waals surface area contributed by atoms with E-state index in [4.69, 9.17) is 0 Å². The molecule has 0 atom stereocenters. The third-order valence-corrected chi connectivity index (χ3v) is 2.99. The molecule has 0 saturated heterocycles. The van der Waals surface area contributed by atoms with Crippen molar-refractivity contribution in [3.8, 4) is 11.4 Å². The lowest BCUT2D eigenvalue weighted by Crippen LogP contribution is -1.95. The fraction of sp³-hybridized carbons (Fsp3) is 0.200.